The van der Waals surface area contributed by atoms with Gasteiger partial charge in [0.15, 0.2) is 17.5 Å². The topological polar surface area (TPSA) is 23.5 Å². The Labute approximate surface area is 118 Å². The van der Waals surface area contributed by atoms with Crippen molar-refractivity contribution in [1.29, 1.82) is 0 Å². The molecule has 0 saturated carbocycles. The molecule has 20 heavy (non-hydrogen) atoms. The molecule has 0 amide bonds. The minimum absolute atomic E-state index is 0.208. The summed E-state index contributed by atoms with van der Waals surface area (Å²) in [5.41, 5.74) is -0.950. The highest BCUT2D eigenvalue weighted by Gasteiger charge is 2.38. The second-order valence-electron chi connectivity index (χ2n) is 5.05. The molecular formula is C15H22F3NO. The number of rotatable bonds is 6. The van der Waals surface area contributed by atoms with Crippen molar-refractivity contribution in [3.63, 3.8) is 0 Å². The Morgan fingerprint density at radius 2 is 1.65 bits per heavy atom. The summed E-state index contributed by atoms with van der Waals surface area (Å²) < 4.78 is 40.2. The fourth-order valence-corrected chi connectivity index (χ4v) is 2.62. The van der Waals surface area contributed by atoms with Crippen LogP contribution in [0.4, 0.5) is 13.2 Å². The van der Waals surface area contributed by atoms with Crippen LogP contribution in [0.5, 0.6) is 0 Å². The third-order valence-electron chi connectivity index (χ3n) is 4.15. The highest BCUT2D eigenvalue weighted by molar-refractivity contribution is 5.25. The van der Waals surface area contributed by atoms with E-state index >= 15 is 0 Å². The summed E-state index contributed by atoms with van der Waals surface area (Å²) in [7, 11) is 0. The normalized spacial score (nSPS) is 16.2. The first-order chi connectivity index (χ1) is 9.33. The third-order valence-corrected chi connectivity index (χ3v) is 4.15. The first-order valence-corrected chi connectivity index (χ1v) is 6.89. The van der Waals surface area contributed by atoms with Gasteiger partial charge in [0.25, 0.3) is 0 Å². The lowest BCUT2D eigenvalue weighted by Gasteiger charge is -2.43. The van der Waals surface area contributed by atoms with Crippen molar-refractivity contribution in [1.82, 2.24) is 4.90 Å². The summed E-state index contributed by atoms with van der Waals surface area (Å²) in [4.78, 5) is 1.98. The van der Waals surface area contributed by atoms with E-state index < -0.39 is 29.1 Å². The molecule has 0 bridgehead atoms. The lowest BCUT2D eigenvalue weighted by molar-refractivity contribution is -0.0234. The van der Waals surface area contributed by atoms with Gasteiger partial charge in [0, 0.05) is 11.1 Å². The SMILES string of the molecule is CCN(CC)C(C)(CC)C(O)c1ccc(F)c(F)c1F. The number of halogens is 3. The number of aliphatic hydroxyl groups excluding tert-OH is 1. The quantitative estimate of drug-likeness (QED) is 0.808. The van der Waals surface area contributed by atoms with Gasteiger partial charge in [0.2, 0.25) is 0 Å². The van der Waals surface area contributed by atoms with Gasteiger partial charge in [-0.25, -0.2) is 13.2 Å². The average Bonchev–Trinajstić information content (AvgIpc) is 2.45. The Kier molecular flexibility index (Phi) is 5.59. The van der Waals surface area contributed by atoms with E-state index in [0.717, 1.165) is 12.1 Å². The van der Waals surface area contributed by atoms with Crippen molar-refractivity contribution in [3.8, 4) is 0 Å². The fourth-order valence-electron chi connectivity index (χ4n) is 2.62. The highest BCUT2D eigenvalue weighted by Crippen LogP contribution is 2.36. The molecule has 2 nitrogen and oxygen atoms in total. The molecule has 0 aliphatic heterocycles. The van der Waals surface area contributed by atoms with E-state index in [4.69, 9.17) is 0 Å². The maximum absolute atomic E-state index is 13.9. The molecule has 0 aliphatic carbocycles. The minimum atomic E-state index is -1.54. The van der Waals surface area contributed by atoms with Crippen LogP contribution in [0.3, 0.4) is 0 Å². The lowest BCUT2D eigenvalue weighted by atomic mass is 9.84. The fraction of sp³-hybridized carbons (Fsp3) is 0.600. The molecule has 114 valence electrons. The first kappa shape index (κ1) is 17.0. The van der Waals surface area contributed by atoms with Crippen molar-refractivity contribution in [2.45, 2.75) is 45.8 Å². The number of likely N-dealkylation sites (N-methyl/N-ethyl adjacent to an activating group) is 1. The molecule has 5 heteroatoms. The standard InChI is InChI=1S/C15H22F3NO/c1-5-15(4,19(6-2)7-3)14(20)10-8-9-11(16)13(18)12(10)17/h8-9,14,20H,5-7H2,1-4H3. The van der Waals surface area contributed by atoms with Gasteiger partial charge in [-0.3, -0.25) is 4.90 Å². The zero-order chi connectivity index (χ0) is 15.5. The summed E-state index contributed by atoms with van der Waals surface area (Å²) in [6.07, 6.45) is -0.684. The van der Waals surface area contributed by atoms with Crippen LogP contribution in [-0.2, 0) is 0 Å². The van der Waals surface area contributed by atoms with Crippen molar-refractivity contribution in [2.75, 3.05) is 13.1 Å². The van der Waals surface area contributed by atoms with E-state index in [0.29, 0.717) is 19.5 Å². The Morgan fingerprint density at radius 1 is 1.10 bits per heavy atom. The van der Waals surface area contributed by atoms with Crippen molar-refractivity contribution in [3.05, 3.63) is 35.1 Å². The molecule has 0 radical (unpaired) electrons. The van der Waals surface area contributed by atoms with Gasteiger partial charge in [-0.1, -0.05) is 26.8 Å². The number of nitrogens with zero attached hydrogens (tertiary/aromatic N) is 1. The van der Waals surface area contributed by atoms with Gasteiger partial charge < -0.3 is 5.11 Å². The molecule has 0 aromatic heterocycles. The summed E-state index contributed by atoms with van der Waals surface area (Å²) in [5, 5.41) is 10.5. The van der Waals surface area contributed by atoms with Crippen molar-refractivity contribution >= 4 is 0 Å². The average molecular weight is 289 g/mol. The zero-order valence-electron chi connectivity index (χ0n) is 12.4. The zero-order valence-corrected chi connectivity index (χ0v) is 12.4. The lowest BCUT2D eigenvalue weighted by Crippen LogP contribution is -2.50. The molecule has 0 aliphatic rings. The molecule has 2 unspecified atom stereocenters. The molecule has 0 heterocycles. The molecule has 1 N–H and O–H groups in total. The van der Waals surface area contributed by atoms with Crippen LogP contribution < -0.4 is 0 Å². The predicted molar refractivity (Wildman–Crippen MR) is 72.9 cm³/mol. The molecule has 1 aromatic carbocycles. The van der Waals surface area contributed by atoms with Crippen molar-refractivity contribution < 1.29 is 18.3 Å². The van der Waals surface area contributed by atoms with Crippen LogP contribution in [0.2, 0.25) is 0 Å². The van der Waals surface area contributed by atoms with Crippen LogP contribution >= 0.6 is 0 Å². The number of hydrogen-bond donors (Lipinski definition) is 1. The van der Waals surface area contributed by atoms with E-state index in [1.807, 2.05) is 25.7 Å². The molecule has 0 saturated heterocycles. The van der Waals surface area contributed by atoms with E-state index in [9.17, 15) is 18.3 Å². The van der Waals surface area contributed by atoms with Crippen LogP contribution in [0, 0.1) is 17.5 Å². The summed E-state index contributed by atoms with van der Waals surface area (Å²) >= 11 is 0. The van der Waals surface area contributed by atoms with Crippen LogP contribution in [-0.4, -0.2) is 28.6 Å². The monoisotopic (exact) mass is 289 g/mol. The van der Waals surface area contributed by atoms with Gasteiger partial charge >= 0.3 is 0 Å². The second-order valence-corrected chi connectivity index (χ2v) is 5.05. The van der Waals surface area contributed by atoms with Crippen molar-refractivity contribution in [2.24, 2.45) is 0 Å². The molecular weight excluding hydrogens is 267 g/mol. The second kappa shape index (κ2) is 6.59. The summed E-state index contributed by atoms with van der Waals surface area (Å²) in [6, 6.07) is 1.95. The number of aliphatic hydroxyl groups is 1. The number of benzene rings is 1. The smallest absolute Gasteiger partial charge is 0.194 e. The minimum Gasteiger partial charge on any atom is -0.386 e. The van der Waals surface area contributed by atoms with Gasteiger partial charge in [0.1, 0.15) is 0 Å². The third kappa shape index (κ3) is 2.83. The maximum atomic E-state index is 13.9. The largest absolute Gasteiger partial charge is 0.386 e. The van der Waals surface area contributed by atoms with E-state index in [1.165, 1.54) is 0 Å². The summed E-state index contributed by atoms with van der Waals surface area (Å²) in [6.45, 7) is 8.88. The Hall–Kier alpha value is -1.07. The Balaban J connectivity index is 3.27. The predicted octanol–water partition coefficient (Wildman–Crippen LogP) is 3.65. The van der Waals surface area contributed by atoms with E-state index in [2.05, 4.69) is 0 Å². The van der Waals surface area contributed by atoms with E-state index in [1.54, 1.807) is 6.92 Å². The molecule has 0 fully saturated rings. The van der Waals surface area contributed by atoms with Gasteiger partial charge in [0.05, 0.1) is 6.10 Å². The van der Waals surface area contributed by atoms with Gasteiger partial charge in [-0.2, -0.15) is 0 Å². The first-order valence-electron chi connectivity index (χ1n) is 6.89. The van der Waals surface area contributed by atoms with Gasteiger partial charge in [-0.05, 0) is 32.5 Å². The highest BCUT2D eigenvalue weighted by atomic mass is 19.2. The Bertz CT molecular complexity index is 463. The number of hydrogen-bond acceptors (Lipinski definition) is 2. The van der Waals surface area contributed by atoms with Crippen LogP contribution in [0.15, 0.2) is 12.1 Å². The molecule has 0 spiro atoms. The van der Waals surface area contributed by atoms with Gasteiger partial charge in [-0.15, -0.1) is 0 Å². The van der Waals surface area contributed by atoms with E-state index in [-0.39, 0.29) is 5.56 Å². The van der Waals surface area contributed by atoms with Crippen LogP contribution in [0.1, 0.15) is 45.8 Å². The maximum Gasteiger partial charge on any atom is 0.194 e. The molecule has 1 aromatic rings. The Morgan fingerprint density at radius 3 is 2.10 bits per heavy atom. The molecule has 1 rings (SSSR count). The molecule has 2 atom stereocenters. The summed E-state index contributed by atoms with van der Waals surface area (Å²) in [5.74, 6) is -4.11. The van der Waals surface area contributed by atoms with Crippen LogP contribution in [0.25, 0.3) is 0 Å².